The molecule has 4 rings (SSSR count). The molecule has 2 heteroatoms. The zero-order chi connectivity index (χ0) is 12.8. The number of rotatable bonds is 0. The van der Waals surface area contributed by atoms with Crippen LogP contribution in [0.15, 0.2) is 42.5 Å². The molecule has 1 unspecified atom stereocenters. The molecule has 19 heavy (non-hydrogen) atoms. The molecule has 0 saturated heterocycles. The number of nitrogens with zero attached hydrogens (tertiary/aromatic N) is 1. The predicted octanol–water partition coefficient (Wildman–Crippen LogP) is 3.35. The Bertz CT molecular complexity index is 633. The molecule has 2 aromatic carbocycles. The number of hydrogen-bond acceptors (Lipinski definition) is 2. The monoisotopic (exact) mass is 250 g/mol. The Hall–Kier alpha value is -1.96. The first-order chi connectivity index (χ1) is 9.31. The van der Waals surface area contributed by atoms with Crippen molar-refractivity contribution >= 4 is 11.4 Å². The predicted molar refractivity (Wildman–Crippen MR) is 79.8 cm³/mol. The van der Waals surface area contributed by atoms with Crippen molar-refractivity contribution in [3.8, 4) is 0 Å². The van der Waals surface area contributed by atoms with E-state index in [9.17, 15) is 0 Å². The fraction of sp³-hybridized carbons (Fsp3) is 0.294. The minimum absolute atomic E-state index is 0.587. The van der Waals surface area contributed by atoms with Crippen molar-refractivity contribution in [2.24, 2.45) is 0 Å². The van der Waals surface area contributed by atoms with E-state index in [0.717, 1.165) is 19.5 Å². The van der Waals surface area contributed by atoms with Gasteiger partial charge in [-0.3, -0.25) is 0 Å². The smallest absolute Gasteiger partial charge is 0.0610 e. The second-order valence-electron chi connectivity index (χ2n) is 5.66. The van der Waals surface area contributed by atoms with Gasteiger partial charge in [-0.15, -0.1) is 0 Å². The molecule has 2 aliphatic rings. The van der Waals surface area contributed by atoms with E-state index >= 15 is 0 Å². The van der Waals surface area contributed by atoms with Crippen LogP contribution in [0.3, 0.4) is 0 Å². The molecule has 0 spiro atoms. The standard InChI is InChI=1S/C17H18N2/c1-12-6-7-16-17(8-12)19-11-14-5-3-2-4-13(14)9-15(19)10-18-16/h2-8,15,18H,9-11H2,1H3. The van der Waals surface area contributed by atoms with Crippen LogP contribution < -0.4 is 10.2 Å². The fourth-order valence-electron chi connectivity index (χ4n) is 3.31. The summed E-state index contributed by atoms with van der Waals surface area (Å²) < 4.78 is 0. The molecule has 0 bridgehead atoms. The SMILES string of the molecule is Cc1ccc2c(c1)N1Cc3ccccc3CC1CN2. The van der Waals surface area contributed by atoms with Gasteiger partial charge in [0, 0.05) is 13.1 Å². The third-order valence-corrected chi connectivity index (χ3v) is 4.35. The summed E-state index contributed by atoms with van der Waals surface area (Å²) in [5.74, 6) is 0. The molecule has 2 aromatic rings. The zero-order valence-electron chi connectivity index (χ0n) is 11.2. The third kappa shape index (κ3) is 1.71. The van der Waals surface area contributed by atoms with E-state index in [1.54, 1.807) is 0 Å². The highest BCUT2D eigenvalue weighted by atomic mass is 15.2. The lowest BCUT2D eigenvalue weighted by Gasteiger charge is -2.43. The summed E-state index contributed by atoms with van der Waals surface area (Å²) in [6.07, 6.45) is 1.15. The van der Waals surface area contributed by atoms with Gasteiger partial charge in [-0.25, -0.2) is 0 Å². The summed E-state index contributed by atoms with van der Waals surface area (Å²) in [6.45, 7) is 4.26. The van der Waals surface area contributed by atoms with Crippen LogP contribution in [0.25, 0.3) is 0 Å². The van der Waals surface area contributed by atoms with Gasteiger partial charge in [0.05, 0.1) is 17.4 Å². The minimum Gasteiger partial charge on any atom is -0.381 e. The van der Waals surface area contributed by atoms with Crippen molar-refractivity contribution < 1.29 is 0 Å². The van der Waals surface area contributed by atoms with E-state index in [1.165, 1.54) is 28.1 Å². The Kier molecular flexibility index (Phi) is 2.31. The maximum atomic E-state index is 3.58. The van der Waals surface area contributed by atoms with Crippen LogP contribution in [-0.4, -0.2) is 12.6 Å². The van der Waals surface area contributed by atoms with Crippen LogP contribution in [0.5, 0.6) is 0 Å². The van der Waals surface area contributed by atoms with Crippen LogP contribution >= 0.6 is 0 Å². The average molecular weight is 250 g/mol. The van der Waals surface area contributed by atoms with Crippen molar-refractivity contribution in [2.75, 3.05) is 16.8 Å². The molecule has 2 heterocycles. The molecule has 2 nitrogen and oxygen atoms in total. The van der Waals surface area contributed by atoms with Gasteiger partial charge in [-0.2, -0.15) is 0 Å². The Morgan fingerprint density at radius 1 is 1.11 bits per heavy atom. The third-order valence-electron chi connectivity index (χ3n) is 4.35. The second-order valence-corrected chi connectivity index (χ2v) is 5.66. The van der Waals surface area contributed by atoms with Crippen molar-refractivity contribution in [2.45, 2.75) is 25.9 Å². The summed E-state index contributed by atoms with van der Waals surface area (Å²) in [7, 11) is 0. The second kappa shape index (κ2) is 4.02. The number of aryl methyl sites for hydroxylation is 1. The molecule has 0 saturated carbocycles. The molecule has 0 amide bonds. The van der Waals surface area contributed by atoms with Gasteiger partial charge >= 0.3 is 0 Å². The lowest BCUT2D eigenvalue weighted by molar-refractivity contribution is 0.562. The molecule has 0 aliphatic carbocycles. The van der Waals surface area contributed by atoms with Gasteiger partial charge in [0.25, 0.3) is 0 Å². The largest absolute Gasteiger partial charge is 0.381 e. The van der Waals surface area contributed by atoms with E-state index in [1.807, 2.05) is 0 Å². The lowest BCUT2D eigenvalue weighted by Crippen LogP contribution is -2.47. The van der Waals surface area contributed by atoms with E-state index in [4.69, 9.17) is 0 Å². The molecule has 0 aromatic heterocycles. The van der Waals surface area contributed by atoms with Gasteiger partial charge in [-0.1, -0.05) is 30.3 Å². The summed E-state index contributed by atoms with van der Waals surface area (Å²) >= 11 is 0. The van der Waals surface area contributed by atoms with Gasteiger partial charge in [0.15, 0.2) is 0 Å². The summed E-state index contributed by atoms with van der Waals surface area (Å²) in [5.41, 5.74) is 6.97. The first-order valence-corrected chi connectivity index (χ1v) is 6.99. The number of nitrogens with one attached hydrogen (secondary N) is 1. The number of anilines is 2. The van der Waals surface area contributed by atoms with E-state index < -0.39 is 0 Å². The summed E-state index contributed by atoms with van der Waals surface area (Å²) in [6, 6.07) is 16.1. The highest BCUT2D eigenvalue weighted by Crippen LogP contribution is 2.37. The fourth-order valence-corrected chi connectivity index (χ4v) is 3.31. The zero-order valence-corrected chi connectivity index (χ0v) is 11.2. The van der Waals surface area contributed by atoms with Crippen molar-refractivity contribution in [3.05, 3.63) is 59.2 Å². The van der Waals surface area contributed by atoms with E-state index in [2.05, 4.69) is 59.6 Å². The molecular formula is C17H18N2. The van der Waals surface area contributed by atoms with Crippen molar-refractivity contribution in [1.82, 2.24) is 0 Å². The highest BCUT2D eigenvalue weighted by molar-refractivity contribution is 5.74. The van der Waals surface area contributed by atoms with Crippen molar-refractivity contribution in [1.29, 1.82) is 0 Å². The minimum atomic E-state index is 0.587. The average Bonchev–Trinajstić information content (AvgIpc) is 2.45. The van der Waals surface area contributed by atoms with Crippen LogP contribution in [0.2, 0.25) is 0 Å². The van der Waals surface area contributed by atoms with E-state index in [-0.39, 0.29) is 0 Å². The topological polar surface area (TPSA) is 15.3 Å². The number of benzene rings is 2. The van der Waals surface area contributed by atoms with Gasteiger partial charge < -0.3 is 10.2 Å². The summed E-state index contributed by atoms with van der Waals surface area (Å²) in [5, 5.41) is 3.58. The van der Waals surface area contributed by atoms with Crippen LogP contribution in [0, 0.1) is 6.92 Å². The molecule has 0 fully saturated rings. The molecule has 0 radical (unpaired) electrons. The molecule has 96 valence electrons. The first kappa shape index (κ1) is 10.9. The van der Waals surface area contributed by atoms with Crippen LogP contribution in [0.4, 0.5) is 11.4 Å². The van der Waals surface area contributed by atoms with Crippen LogP contribution in [0.1, 0.15) is 16.7 Å². The number of fused-ring (bicyclic) bond motifs is 4. The quantitative estimate of drug-likeness (QED) is 0.771. The van der Waals surface area contributed by atoms with Gasteiger partial charge in [0.2, 0.25) is 0 Å². The highest BCUT2D eigenvalue weighted by Gasteiger charge is 2.30. The Morgan fingerprint density at radius 2 is 1.95 bits per heavy atom. The maximum absolute atomic E-state index is 3.58. The van der Waals surface area contributed by atoms with Gasteiger partial charge in [0.1, 0.15) is 0 Å². The first-order valence-electron chi connectivity index (χ1n) is 6.99. The van der Waals surface area contributed by atoms with Gasteiger partial charge in [-0.05, 0) is 42.2 Å². The maximum Gasteiger partial charge on any atom is 0.0610 e. The van der Waals surface area contributed by atoms with Crippen LogP contribution in [-0.2, 0) is 13.0 Å². The Balaban J connectivity index is 1.79. The summed E-state index contributed by atoms with van der Waals surface area (Å²) in [4.78, 5) is 2.57. The number of hydrogen-bond donors (Lipinski definition) is 1. The lowest BCUT2D eigenvalue weighted by atomic mass is 9.91. The Morgan fingerprint density at radius 3 is 2.84 bits per heavy atom. The molecule has 1 atom stereocenters. The molecule has 1 N–H and O–H groups in total. The normalized spacial score (nSPS) is 20.1. The molecule has 2 aliphatic heterocycles. The Labute approximate surface area is 114 Å². The van der Waals surface area contributed by atoms with E-state index in [0.29, 0.717) is 6.04 Å². The van der Waals surface area contributed by atoms with Crippen molar-refractivity contribution in [3.63, 3.8) is 0 Å². The molecular weight excluding hydrogens is 232 g/mol.